The molecule has 5 rings (SSSR count). The first-order valence-corrected chi connectivity index (χ1v) is 11.9. The van der Waals surface area contributed by atoms with Gasteiger partial charge in [-0.2, -0.15) is 10.1 Å². The molecule has 1 aliphatic rings. The molecule has 0 atom stereocenters. The Morgan fingerprint density at radius 1 is 1.14 bits per heavy atom. The monoisotopic (exact) mass is 488 g/mol. The van der Waals surface area contributed by atoms with Gasteiger partial charge in [-0.15, -0.1) is 0 Å². The summed E-state index contributed by atoms with van der Waals surface area (Å²) in [4.78, 5) is 29.7. The van der Waals surface area contributed by atoms with Crippen molar-refractivity contribution in [1.29, 1.82) is 0 Å². The maximum absolute atomic E-state index is 12.2. The maximum Gasteiger partial charge on any atom is 0.313 e. The number of pyridine rings is 1. The molecule has 1 saturated carbocycles. The zero-order valence-corrected chi connectivity index (χ0v) is 20.5. The summed E-state index contributed by atoms with van der Waals surface area (Å²) in [6.45, 7) is 6.16. The first-order chi connectivity index (χ1) is 17.3. The molecule has 1 fully saturated rings. The van der Waals surface area contributed by atoms with Crippen molar-refractivity contribution in [3.63, 3.8) is 0 Å². The normalized spacial score (nSPS) is 14.9. The summed E-state index contributed by atoms with van der Waals surface area (Å²) in [5.41, 5.74) is 7.81. The van der Waals surface area contributed by atoms with Crippen LogP contribution in [0.25, 0.3) is 22.7 Å². The summed E-state index contributed by atoms with van der Waals surface area (Å²) < 4.78 is 12.5. The van der Waals surface area contributed by atoms with Crippen molar-refractivity contribution < 1.29 is 14.1 Å². The van der Waals surface area contributed by atoms with E-state index in [1.165, 1.54) is 0 Å². The predicted molar refractivity (Wildman–Crippen MR) is 130 cm³/mol. The van der Waals surface area contributed by atoms with Gasteiger partial charge < -0.3 is 15.0 Å². The second-order valence-corrected chi connectivity index (χ2v) is 9.65. The lowest BCUT2D eigenvalue weighted by atomic mass is 9.64. The third-order valence-corrected chi connectivity index (χ3v) is 6.61. The number of carbonyl (C=O) groups is 1. The zero-order chi connectivity index (χ0) is 25.3. The highest BCUT2D eigenvalue weighted by molar-refractivity contribution is 5.75. The summed E-state index contributed by atoms with van der Waals surface area (Å²) in [7, 11) is 0. The van der Waals surface area contributed by atoms with E-state index >= 15 is 0 Å². The Balaban J connectivity index is 1.35. The molecule has 11 heteroatoms. The largest absolute Gasteiger partial charge is 0.466 e. The Hall–Kier alpha value is -4.15. The van der Waals surface area contributed by atoms with Crippen LogP contribution in [-0.4, -0.2) is 47.4 Å². The van der Waals surface area contributed by atoms with Crippen molar-refractivity contribution in [2.24, 2.45) is 5.41 Å². The first-order valence-electron chi connectivity index (χ1n) is 11.9. The number of nitrogen functional groups attached to an aromatic ring is 1. The Labute approximate surface area is 208 Å². The SMILES string of the molecule is CCOC(=O)C(C)(C)Cn1cc(-c2nc(C3(c4ccc(-c5cnc(N)nc5)nc4)CCC3)no2)cn1. The van der Waals surface area contributed by atoms with Crippen LogP contribution in [0.4, 0.5) is 5.95 Å². The van der Waals surface area contributed by atoms with E-state index in [-0.39, 0.29) is 17.3 Å². The lowest BCUT2D eigenvalue weighted by Crippen LogP contribution is -2.36. The van der Waals surface area contributed by atoms with Crippen LogP contribution in [0.5, 0.6) is 0 Å². The standard InChI is InChI=1S/C25H28N8O3/c1-4-35-22(34)24(2,3)15-33-14-17(12-30-33)20-31-21(32-36-20)25(8-5-9-25)18-6-7-19(27-13-18)16-10-28-23(26)29-11-16/h6-7,10-14H,4-5,8-9,15H2,1-3H3,(H2,26,28,29). The average molecular weight is 489 g/mol. The molecule has 0 bridgehead atoms. The molecule has 0 spiro atoms. The fourth-order valence-corrected chi connectivity index (χ4v) is 4.38. The van der Waals surface area contributed by atoms with Crippen molar-refractivity contribution in [3.05, 3.63) is 54.5 Å². The quantitative estimate of drug-likeness (QED) is 0.366. The number of hydrogen-bond donors (Lipinski definition) is 1. The van der Waals surface area contributed by atoms with E-state index in [9.17, 15) is 4.79 Å². The van der Waals surface area contributed by atoms with E-state index < -0.39 is 5.41 Å². The Morgan fingerprint density at radius 2 is 1.92 bits per heavy atom. The van der Waals surface area contributed by atoms with Gasteiger partial charge in [0.25, 0.3) is 5.89 Å². The number of esters is 1. The molecule has 0 radical (unpaired) electrons. The summed E-state index contributed by atoms with van der Waals surface area (Å²) >= 11 is 0. The number of aromatic nitrogens is 7. The fourth-order valence-electron chi connectivity index (χ4n) is 4.38. The topological polar surface area (TPSA) is 148 Å². The van der Waals surface area contributed by atoms with Gasteiger partial charge in [-0.3, -0.25) is 14.5 Å². The molecular weight excluding hydrogens is 460 g/mol. The lowest BCUT2D eigenvalue weighted by molar-refractivity contribution is -0.154. The number of hydrogen-bond acceptors (Lipinski definition) is 10. The van der Waals surface area contributed by atoms with Gasteiger partial charge in [-0.25, -0.2) is 9.97 Å². The lowest BCUT2D eigenvalue weighted by Gasteiger charge is -2.39. The van der Waals surface area contributed by atoms with Crippen LogP contribution in [0, 0.1) is 5.41 Å². The second kappa shape index (κ2) is 9.14. The number of carbonyl (C=O) groups excluding carboxylic acids is 1. The molecular formula is C25H28N8O3. The molecule has 36 heavy (non-hydrogen) atoms. The highest BCUT2D eigenvalue weighted by atomic mass is 16.5. The van der Waals surface area contributed by atoms with Crippen LogP contribution in [0.3, 0.4) is 0 Å². The zero-order valence-electron chi connectivity index (χ0n) is 20.5. The van der Waals surface area contributed by atoms with Crippen molar-refractivity contribution >= 4 is 11.9 Å². The van der Waals surface area contributed by atoms with Gasteiger partial charge in [-0.1, -0.05) is 17.6 Å². The van der Waals surface area contributed by atoms with Gasteiger partial charge >= 0.3 is 5.97 Å². The van der Waals surface area contributed by atoms with Gasteiger partial charge in [0.15, 0.2) is 5.82 Å². The van der Waals surface area contributed by atoms with Crippen LogP contribution in [0.2, 0.25) is 0 Å². The molecule has 4 heterocycles. The molecule has 4 aromatic heterocycles. The molecule has 186 valence electrons. The number of nitrogens with two attached hydrogens (primary N) is 1. The minimum absolute atomic E-state index is 0.227. The van der Waals surface area contributed by atoms with Gasteiger partial charge in [0, 0.05) is 30.4 Å². The third-order valence-electron chi connectivity index (χ3n) is 6.61. The summed E-state index contributed by atoms with van der Waals surface area (Å²) in [6, 6.07) is 3.99. The third kappa shape index (κ3) is 4.32. The van der Waals surface area contributed by atoms with Crippen LogP contribution < -0.4 is 5.73 Å². The molecule has 0 amide bonds. The second-order valence-electron chi connectivity index (χ2n) is 9.65. The molecule has 11 nitrogen and oxygen atoms in total. The Bertz CT molecular complexity index is 1350. The highest BCUT2D eigenvalue weighted by Gasteiger charge is 2.45. The van der Waals surface area contributed by atoms with E-state index in [1.54, 1.807) is 36.4 Å². The van der Waals surface area contributed by atoms with E-state index in [0.29, 0.717) is 30.4 Å². The predicted octanol–water partition coefficient (Wildman–Crippen LogP) is 3.43. The van der Waals surface area contributed by atoms with Crippen LogP contribution in [-0.2, 0) is 21.5 Å². The maximum atomic E-state index is 12.2. The smallest absolute Gasteiger partial charge is 0.313 e. The first kappa shape index (κ1) is 23.6. The highest BCUT2D eigenvalue weighted by Crippen LogP contribution is 2.48. The van der Waals surface area contributed by atoms with Crippen molar-refractivity contribution in [3.8, 4) is 22.7 Å². The van der Waals surface area contributed by atoms with E-state index in [1.807, 2.05) is 32.2 Å². The fraction of sp³-hybridized carbons (Fsp3) is 0.400. The van der Waals surface area contributed by atoms with E-state index in [0.717, 1.165) is 36.1 Å². The summed E-state index contributed by atoms with van der Waals surface area (Å²) in [5, 5.41) is 8.71. The average Bonchev–Trinajstić information content (AvgIpc) is 3.49. The molecule has 0 saturated heterocycles. The molecule has 2 N–H and O–H groups in total. The van der Waals surface area contributed by atoms with Crippen molar-refractivity contribution in [2.45, 2.75) is 52.0 Å². The molecule has 4 aromatic rings. The van der Waals surface area contributed by atoms with Gasteiger partial charge in [0.1, 0.15) is 0 Å². The van der Waals surface area contributed by atoms with Crippen LogP contribution >= 0.6 is 0 Å². The van der Waals surface area contributed by atoms with Gasteiger partial charge in [0.05, 0.1) is 41.4 Å². The molecule has 0 unspecified atom stereocenters. The molecule has 1 aliphatic carbocycles. The van der Waals surface area contributed by atoms with Crippen LogP contribution in [0.15, 0.2) is 47.6 Å². The molecule has 0 aliphatic heterocycles. The number of ether oxygens (including phenoxy) is 1. The minimum Gasteiger partial charge on any atom is -0.466 e. The number of anilines is 1. The van der Waals surface area contributed by atoms with Crippen LogP contribution in [0.1, 0.15) is 51.4 Å². The minimum atomic E-state index is -0.715. The van der Waals surface area contributed by atoms with Crippen molar-refractivity contribution in [2.75, 3.05) is 12.3 Å². The Morgan fingerprint density at radius 3 is 2.56 bits per heavy atom. The van der Waals surface area contributed by atoms with E-state index in [2.05, 4.69) is 25.2 Å². The Kier molecular flexibility index (Phi) is 5.99. The van der Waals surface area contributed by atoms with E-state index in [4.69, 9.17) is 20.0 Å². The summed E-state index contributed by atoms with van der Waals surface area (Å²) in [6.07, 6.45) is 11.5. The number of rotatable bonds is 8. The summed E-state index contributed by atoms with van der Waals surface area (Å²) in [5.74, 6) is 0.983. The number of nitrogens with zero attached hydrogens (tertiary/aromatic N) is 7. The van der Waals surface area contributed by atoms with Gasteiger partial charge in [-0.05, 0) is 45.2 Å². The van der Waals surface area contributed by atoms with Crippen molar-refractivity contribution in [1.82, 2.24) is 34.9 Å². The molecule has 0 aromatic carbocycles. The van der Waals surface area contributed by atoms with Gasteiger partial charge in [0.2, 0.25) is 5.95 Å².